The summed E-state index contributed by atoms with van der Waals surface area (Å²) in [6.07, 6.45) is 0.784. The average molecular weight is 339 g/mol. The van der Waals surface area contributed by atoms with Gasteiger partial charge in [-0.1, -0.05) is 44.2 Å². The van der Waals surface area contributed by atoms with E-state index < -0.39 is 0 Å². The lowest BCUT2D eigenvalue weighted by Crippen LogP contribution is -2.45. The summed E-state index contributed by atoms with van der Waals surface area (Å²) < 4.78 is 5.47. The Morgan fingerprint density at radius 2 is 1.80 bits per heavy atom. The van der Waals surface area contributed by atoms with Crippen LogP contribution in [0.1, 0.15) is 60.7 Å². The number of methoxy groups -OCH3 is 1. The molecule has 0 bridgehead atoms. The second-order valence-electron chi connectivity index (χ2n) is 7.56. The molecule has 2 aromatic rings. The number of carbonyl (C=O) groups excluding carboxylic acids is 1. The van der Waals surface area contributed by atoms with Crippen molar-refractivity contribution in [2.75, 3.05) is 7.11 Å². The first kappa shape index (κ1) is 19.0. The molecule has 2 rings (SSSR count). The zero-order valence-corrected chi connectivity index (χ0v) is 16.1. The van der Waals surface area contributed by atoms with Crippen molar-refractivity contribution in [3.63, 3.8) is 0 Å². The summed E-state index contributed by atoms with van der Waals surface area (Å²) in [4.78, 5) is 12.9. The third-order valence-corrected chi connectivity index (χ3v) is 4.38. The molecule has 134 valence electrons. The van der Waals surface area contributed by atoms with E-state index in [1.54, 1.807) is 7.11 Å². The lowest BCUT2D eigenvalue weighted by atomic mass is 9.92. The Morgan fingerprint density at radius 3 is 2.36 bits per heavy atom. The number of benzene rings is 2. The van der Waals surface area contributed by atoms with Gasteiger partial charge in [0.05, 0.1) is 7.11 Å². The zero-order chi connectivity index (χ0) is 18.6. The van der Waals surface area contributed by atoms with Gasteiger partial charge in [-0.05, 0) is 61.9 Å². The highest BCUT2D eigenvalue weighted by atomic mass is 16.5. The second-order valence-corrected chi connectivity index (χ2v) is 7.56. The summed E-state index contributed by atoms with van der Waals surface area (Å²) in [6, 6.07) is 14.1. The van der Waals surface area contributed by atoms with Crippen LogP contribution in [0.5, 0.6) is 5.75 Å². The maximum absolute atomic E-state index is 12.9. The highest BCUT2D eigenvalue weighted by molar-refractivity contribution is 5.96. The van der Waals surface area contributed by atoms with E-state index >= 15 is 0 Å². The minimum absolute atomic E-state index is 0.0389. The number of nitrogens with one attached hydrogen (secondary N) is 1. The molecule has 0 radical (unpaired) electrons. The number of aryl methyl sites for hydroxylation is 1. The largest absolute Gasteiger partial charge is 0.496 e. The fourth-order valence-electron chi connectivity index (χ4n) is 3.10. The Bertz CT molecular complexity index is 733. The van der Waals surface area contributed by atoms with E-state index in [1.165, 1.54) is 5.56 Å². The van der Waals surface area contributed by atoms with Crippen LogP contribution in [0.4, 0.5) is 0 Å². The number of hydrogen-bond acceptors (Lipinski definition) is 2. The number of carbonyl (C=O) groups is 1. The Balaban J connectivity index is 2.23. The van der Waals surface area contributed by atoms with Gasteiger partial charge in [0.2, 0.25) is 0 Å². The van der Waals surface area contributed by atoms with Gasteiger partial charge in [-0.15, -0.1) is 0 Å². The summed E-state index contributed by atoms with van der Waals surface area (Å²) in [5, 5.41) is 3.19. The highest BCUT2D eigenvalue weighted by Gasteiger charge is 2.23. The number of hydrogen-bond donors (Lipinski definition) is 1. The molecule has 0 saturated carbocycles. The van der Waals surface area contributed by atoms with Gasteiger partial charge in [-0.3, -0.25) is 4.79 Å². The van der Waals surface area contributed by atoms with Crippen molar-refractivity contribution in [1.29, 1.82) is 0 Å². The second kappa shape index (κ2) is 7.73. The number of rotatable bonds is 6. The fraction of sp³-hybridized carbons (Fsp3) is 0.409. The van der Waals surface area contributed by atoms with Crippen molar-refractivity contribution in [1.82, 2.24) is 5.32 Å². The van der Waals surface area contributed by atoms with E-state index in [2.05, 4.69) is 45.1 Å². The van der Waals surface area contributed by atoms with Crippen LogP contribution >= 0.6 is 0 Å². The van der Waals surface area contributed by atoms with Gasteiger partial charge >= 0.3 is 0 Å². The molecule has 0 fully saturated rings. The zero-order valence-electron chi connectivity index (χ0n) is 16.1. The monoisotopic (exact) mass is 339 g/mol. The van der Waals surface area contributed by atoms with Crippen LogP contribution < -0.4 is 10.1 Å². The smallest absolute Gasteiger partial charge is 0.251 e. The average Bonchev–Trinajstić information content (AvgIpc) is 2.53. The van der Waals surface area contributed by atoms with Crippen LogP contribution in [0.15, 0.2) is 42.5 Å². The summed E-state index contributed by atoms with van der Waals surface area (Å²) in [6.45, 7) is 10.3. The molecular formula is C22H29NO2. The molecule has 0 heterocycles. The van der Waals surface area contributed by atoms with E-state index in [0.717, 1.165) is 23.3 Å². The minimum Gasteiger partial charge on any atom is -0.496 e. The van der Waals surface area contributed by atoms with Crippen LogP contribution in [-0.2, 0) is 6.42 Å². The van der Waals surface area contributed by atoms with Gasteiger partial charge in [0.1, 0.15) is 5.75 Å². The predicted molar refractivity (Wildman–Crippen MR) is 104 cm³/mol. The molecule has 2 aromatic carbocycles. The first-order valence-electron chi connectivity index (χ1n) is 8.78. The van der Waals surface area contributed by atoms with Gasteiger partial charge in [-0.25, -0.2) is 0 Å². The Morgan fingerprint density at radius 1 is 1.16 bits per heavy atom. The topological polar surface area (TPSA) is 38.3 Å². The van der Waals surface area contributed by atoms with E-state index in [1.807, 2.05) is 37.3 Å². The first-order valence-corrected chi connectivity index (χ1v) is 8.78. The van der Waals surface area contributed by atoms with E-state index in [9.17, 15) is 4.79 Å². The van der Waals surface area contributed by atoms with Crippen molar-refractivity contribution in [2.24, 2.45) is 0 Å². The molecule has 0 aromatic heterocycles. The summed E-state index contributed by atoms with van der Waals surface area (Å²) in [5.41, 5.74) is 3.57. The summed E-state index contributed by atoms with van der Waals surface area (Å²) >= 11 is 0. The molecule has 0 saturated heterocycles. The standard InChI is InChI=1S/C22H29NO2/c1-15(2)18-13-19(16(3)12-20(18)25-6)21(24)23-22(4,5)14-17-10-8-7-9-11-17/h7-13,15H,14H2,1-6H3,(H,23,24). The molecule has 1 amide bonds. The maximum Gasteiger partial charge on any atom is 0.251 e. The maximum atomic E-state index is 12.9. The molecule has 0 aliphatic rings. The van der Waals surface area contributed by atoms with Crippen molar-refractivity contribution in [3.05, 3.63) is 64.7 Å². The van der Waals surface area contributed by atoms with Gasteiger partial charge in [-0.2, -0.15) is 0 Å². The Labute approximate surface area is 151 Å². The molecule has 25 heavy (non-hydrogen) atoms. The summed E-state index contributed by atoms with van der Waals surface area (Å²) in [7, 11) is 1.67. The fourth-order valence-corrected chi connectivity index (χ4v) is 3.10. The van der Waals surface area contributed by atoms with E-state index in [0.29, 0.717) is 11.5 Å². The summed E-state index contributed by atoms with van der Waals surface area (Å²) in [5.74, 6) is 1.09. The van der Waals surface area contributed by atoms with Crippen LogP contribution in [0, 0.1) is 6.92 Å². The minimum atomic E-state index is -0.331. The lowest BCUT2D eigenvalue weighted by molar-refractivity contribution is 0.0912. The molecule has 0 atom stereocenters. The molecule has 0 aliphatic heterocycles. The SMILES string of the molecule is COc1cc(C)c(C(=O)NC(C)(C)Cc2ccccc2)cc1C(C)C. The molecule has 1 N–H and O–H groups in total. The predicted octanol–water partition coefficient (Wildman–Crippen LogP) is 4.88. The normalized spacial score (nSPS) is 11.5. The molecule has 0 aliphatic carbocycles. The van der Waals surface area contributed by atoms with Gasteiger partial charge in [0.25, 0.3) is 5.91 Å². The van der Waals surface area contributed by atoms with Gasteiger partial charge in [0.15, 0.2) is 0 Å². The third-order valence-electron chi connectivity index (χ3n) is 4.38. The van der Waals surface area contributed by atoms with Gasteiger partial charge in [0, 0.05) is 11.1 Å². The molecule has 0 spiro atoms. The van der Waals surface area contributed by atoms with Crippen LogP contribution in [0.2, 0.25) is 0 Å². The first-order chi connectivity index (χ1) is 11.7. The van der Waals surface area contributed by atoms with Crippen LogP contribution in [0.3, 0.4) is 0 Å². The highest BCUT2D eigenvalue weighted by Crippen LogP contribution is 2.30. The van der Waals surface area contributed by atoms with Crippen molar-refractivity contribution >= 4 is 5.91 Å². The Hall–Kier alpha value is -2.29. The molecule has 3 nitrogen and oxygen atoms in total. The van der Waals surface area contributed by atoms with Crippen LogP contribution in [-0.4, -0.2) is 18.6 Å². The van der Waals surface area contributed by atoms with E-state index in [4.69, 9.17) is 4.74 Å². The number of ether oxygens (including phenoxy) is 1. The van der Waals surface area contributed by atoms with Crippen LogP contribution in [0.25, 0.3) is 0 Å². The quantitative estimate of drug-likeness (QED) is 0.815. The van der Waals surface area contributed by atoms with E-state index in [-0.39, 0.29) is 11.4 Å². The lowest BCUT2D eigenvalue weighted by Gasteiger charge is -2.27. The number of amides is 1. The molecule has 3 heteroatoms. The van der Waals surface area contributed by atoms with Crippen molar-refractivity contribution in [2.45, 2.75) is 52.5 Å². The third kappa shape index (κ3) is 4.85. The van der Waals surface area contributed by atoms with Crippen molar-refractivity contribution < 1.29 is 9.53 Å². The van der Waals surface area contributed by atoms with Gasteiger partial charge < -0.3 is 10.1 Å². The molecular weight excluding hydrogens is 310 g/mol. The van der Waals surface area contributed by atoms with Crippen molar-refractivity contribution in [3.8, 4) is 5.75 Å². The molecule has 0 unspecified atom stereocenters. The Kier molecular flexibility index (Phi) is 5.89.